The highest BCUT2D eigenvalue weighted by molar-refractivity contribution is 5.54. The number of hydrogen-bond acceptors (Lipinski definition) is 5. The molecule has 0 spiro atoms. The second-order valence-corrected chi connectivity index (χ2v) is 6.27. The minimum absolute atomic E-state index is 0.479. The monoisotopic (exact) mass is 329 g/mol. The van der Waals surface area contributed by atoms with Crippen molar-refractivity contribution in [2.75, 3.05) is 26.9 Å². The maximum atomic E-state index is 5.69. The number of fused-ring (bicyclic) bond motifs is 2. The minimum Gasteiger partial charge on any atom is -0.493 e. The molecule has 0 unspecified atom stereocenters. The van der Waals surface area contributed by atoms with Gasteiger partial charge in [-0.3, -0.25) is 0 Å². The molecular formula is C18H23N3O3. The fraction of sp³-hybridized carbons (Fsp3) is 0.500. The van der Waals surface area contributed by atoms with Crippen LogP contribution < -0.4 is 19.5 Å². The largest absolute Gasteiger partial charge is 0.493 e. The fourth-order valence-corrected chi connectivity index (χ4v) is 3.52. The van der Waals surface area contributed by atoms with Crippen molar-refractivity contribution >= 4 is 0 Å². The van der Waals surface area contributed by atoms with Crippen LogP contribution in [-0.2, 0) is 13.1 Å². The van der Waals surface area contributed by atoms with Crippen molar-refractivity contribution in [3.63, 3.8) is 0 Å². The van der Waals surface area contributed by atoms with E-state index < -0.39 is 0 Å². The minimum atomic E-state index is 0.479. The Morgan fingerprint density at radius 1 is 1.33 bits per heavy atom. The molecule has 3 heterocycles. The molecule has 6 heteroatoms. The van der Waals surface area contributed by atoms with Gasteiger partial charge in [0.2, 0.25) is 5.75 Å². The van der Waals surface area contributed by atoms with Crippen molar-refractivity contribution in [3.05, 3.63) is 35.9 Å². The summed E-state index contributed by atoms with van der Waals surface area (Å²) in [7, 11) is 1.66. The van der Waals surface area contributed by atoms with Crippen molar-refractivity contribution in [3.8, 4) is 17.2 Å². The molecule has 4 rings (SSSR count). The number of benzene rings is 1. The molecule has 0 fully saturated rings. The summed E-state index contributed by atoms with van der Waals surface area (Å²) in [5.41, 5.74) is 1.13. The number of imidazole rings is 1. The summed E-state index contributed by atoms with van der Waals surface area (Å²) >= 11 is 0. The second-order valence-electron chi connectivity index (χ2n) is 6.27. The molecule has 2 aliphatic rings. The Morgan fingerprint density at radius 2 is 2.25 bits per heavy atom. The predicted octanol–water partition coefficient (Wildman–Crippen LogP) is 2.33. The lowest BCUT2D eigenvalue weighted by molar-refractivity contribution is 0.165. The molecular weight excluding hydrogens is 306 g/mol. The van der Waals surface area contributed by atoms with Crippen molar-refractivity contribution in [2.24, 2.45) is 0 Å². The van der Waals surface area contributed by atoms with E-state index in [0.29, 0.717) is 24.9 Å². The molecule has 2 aromatic rings. The molecule has 1 aromatic carbocycles. The maximum Gasteiger partial charge on any atom is 0.203 e. The summed E-state index contributed by atoms with van der Waals surface area (Å²) in [5.74, 6) is 3.89. The van der Waals surface area contributed by atoms with Crippen LogP contribution in [0, 0.1) is 0 Å². The molecule has 2 aliphatic heterocycles. The Morgan fingerprint density at radius 3 is 3.17 bits per heavy atom. The van der Waals surface area contributed by atoms with Gasteiger partial charge in [-0.1, -0.05) is 0 Å². The molecule has 1 atom stereocenters. The average Bonchev–Trinajstić information content (AvgIpc) is 3.10. The van der Waals surface area contributed by atoms with E-state index in [1.54, 1.807) is 7.11 Å². The lowest BCUT2D eigenvalue weighted by Crippen LogP contribution is -2.26. The first-order valence-corrected chi connectivity index (χ1v) is 8.53. The molecule has 128 valence electrons. The molecule has 6 nitrogen and oxygen atoms in total. The molecule has 1 N–H and O–H groups in total. The normalized spacial score (nSPS) is 19.0. The lowest BCUT2D eigenvalue weighted by atomic mass is 9.99. The number of aryl methyl sites for hydroxylation is 1. The van der Waals surface area contributed by atoms with Crippen LogP contribution in [0.3, 0.4) is 0 Å². The van der Waals surface area contributed by atoms with Gasteiger partial charge in [0.25, 0.3) is 0 Å². The highest BCUT2D eigenvalue weighted by Gasteiger charge is 2.21. The van der Waals surface area contributed by atoms with Crippen LogP contribution in [0.1, 0.15) is 30.1 Å². The van der Waals surface area contributed by atoms with Gasteiger partial charge in [-0.25, -0.2) is 4.98 Å². The van der Waals surface area contributed by atoms with Gasteiger partial charge in [-0.05, 0) is 30.5 Å². The van der Waals surface area contributed by atoms with E-state index in [2.05, 4.69) is 21.1 Å². The molecule has 1 aromatic heterocycles. The van der Waals surface area contributed by atoms with E-state index in [1.165, 1.54) is 18.7 Å². The molecule has 0 radical (unpaired) electrons. The zero-order chi connectivity index (χ0) is 16.4. The Labute approximate surface area is 141 Å². The first kappa shape index (κ1) is 15.3. The van der Waals surface area contributed by atoms with Crippen molar-refractivity contribution < 1.29 is 14.2 Å². The number of rotatable bonds is 5. The number of nitrogens with zero attached hydrogens (tertiary/aromatic N) is 2. The summed E-state index contributed by atoms with van der Waals surface area (Å²) in [6.45, 7) is 3.93. The number of ether oxygens (including phenoxy) is 3. The SMILES string of the molecule is COc1cc(CNC[C@H]2CCCn3ccnc32)cc2c1OCCO2. The van der Waals surface area contributed by atoms with Gasteiger partial charge < -0.3 is 24.1 Å². The van der Waals surface area contributed by atoms with E-state index >= 15 is 0 Å². The number of methoxy groups -OCH3 is 1. The van der Waals surface area contributed by atoms with Gasteiger partial charge in [0, 0.05) is 37.9 Å². The smallest absolute Gasteiger partial charge is 0.203 e. The lowest BCUT2D eigenvalue weighted by Gasteiger charge is -2.24. The van der Waals surface area contributed by atoms with E-state index in [4.69, 9.17) is 14.2 Å². The van der Waals surface area contributed by atoms with Gasteiger partial charge in [0.1, 0.15) is 19.0 Å². The quantitative estimate of drug-likeness (QED) is 0.912. The summed E-state index contributed by atoms with van der Waals surface area (Å²) in [5, 5.41) is 3.55. The Kier molecular flexibility index (Phi) is 4.30. The third-order valence-electron chi connectivity index (χ3n) is 4.67. The highest BCUT2D eigenvalue weighted by Crippen LogP contribution is 2.40. The number of aromatic nitrogens is 2. The van der Waals surface area contributed by atoms with Crippen molar-refractivity contribution in [1.29, 1.82) is 0 Å². The third kappa shape index (κ3) is 2.94. The van der Waals surface area contributed by atoms with Crippen LogP contribution in [0.15, 0.2) is 24.5 Å². The van der Waals surface area contributed by atoms with E-state index in [0.717, 1.165) is 36.7 Å². The predicted molar refractivity (Wildman–Crippen MR) is 89.9 cm³/mol. The zero-order valence-electron chi connectivity index (χ0n) is 14.0. The zero-order valence-corrected chi connectivity index (χ0v) is 14.0. The van der Waals surface area contributed by atoms with Crippen LogP contribution >= 0.6 is 0 Å². The molecule has 0 bridgehead atoms. The molecule has 0 saturated heterocycles. The van der Waals surface area contributed by atoms with E-state index in [-0.39, 0.29) is 0 Å². The topological polar surface area (TPSA) is 57.5 Å². The molecule has 0 amide bonds. The van der Waals surface area contributed by atoms with Crippen LogP contribution in [0.4, 0.5) is 0 Å². The standard InChI is InChI=1S/C18H23N3O3/c1-22-15-9-13(10-16-17(15)24-8-7-23-16)11-19-12-14-3-2-5-21-6-4-20-18(14)21/h4,6,9-10,14,19H,2-3,5,7-8,11-12H2,1H3/t14-/m1/s1. The Bertz CT molecular complexity index is 696. The summed E-state index contributed by atoms with van der Waals surface area (Å²) < 4.78 is 19.0. The summed E-state index contributed by atoms with van der Waals surface area (Å²) in [4.78, 5) is 4.52. The number of hydrogen-bond donors (Lipinski definition) is 1. The first-order chi connectivity index (χ1) is 11.8. The van der Waals surface area contributed by atoms with E-state index in [9.17, 15) is 0 Å². The molecule has 0 aliphatic carbocycles. The van der Waals surface area contributed by atoms with Crippen molar-refractivity contribution in [1.82, 2.24) is 14.9 Å². The van der Waals surface area contributed by atoms with Crippen LogP contribution in [0.5, 0.6) is 17.2 Å². The van der Waals surface area contributed by atoms with Gasteiger partial charge in [-0.15, -0.1) is 0 Å². The van der Waals surface area contributed by atoms with Gasteiger partial charge in [0.15, 0.2) is 11.5 Å². The fourth-order valence-electron chi connectivity index (χ4n) is 3.52. The first-order valence-electron chi connectivity index (χ1n) is 8.53. The average molecular weight is 329 g/mol. The molecule has 0 saturated carbocycles. The highest BCUT2D eigenvalue weighted by atomic mass is 16.6. The van der Waals surface area contributed by atoms with Crippen LogP contribution in [0.2, 0.25) is 0 Å². The number of nitrogens with one attached hydrogen (secondary N) is 1. The third-order valence-corrected chi connectivity index (χ3v) is 4.67. The van der Waals surface area contributed by atoms with E-state index in [1.807, 2.05) is 18.3 Å². The maximum absolute atomic E-state index is 5.69. The summed E-state index contributed by atoms with van der Waals surface area (Å²) in [6, 6.07) is 4.05. The summed E-state index contributed by atoms with van der Waals surface area (Å²) in [6.07, 6.45) is 6.38. The van der Waals surface area contributed by atoms with Gasteiger partial charge >= 0.3 is 0 Å². The van der Waals surface area contributed by atoms with Gasteiger partial charge in [-0.2, -0.15) is 0 Å². The van der Waals surface area contributed by atoms with Crippen LogP contribution in [-0.4, -0.2) is 36.4 Å². The van der Waals surface area contributed by atoms with Gasteiger partial charge in [0.05, 0.1) is 7.11 Å². The Balaban J connectivity index is 1.42. The van der Waals surface area contributed by atoms with Crippen LogP contribution in [0.25, 0.3) is 0 Å². The Hall–Kier alpha value is -2.21. The molecule has 24 heavy (non-hydrogen) atoms. The van der Waals surface area contributed by atoms with Crippen molar-refractivity contribution in [2.45, 2.75) is 31.8 Å². The second kappa shape index (κ2) is 6.73.